The molecule has 3 heterocycles. The lowest BCUT2D eigenvalue weighted by atomic mass is 10.1. The number of carbonyl (C=O) groups excluding carboxylic acids is 1. The van der Waals surface area contributed by atoms with Crippen LogP contribution in [0.4, 0.5) is 11.4 Å². The molecule has 32 heavy (non-hydrogen) atoms. The predicted octanol–water partition coefficient (Wildman–Crippen LogP) is 0.873. The monoisotopic (exact) mass is 435 g/mol. The first-order valence-corrected chi connectivity index (χ1v) is 9.57. The Hall–Kier alpha value is -4.48. The molecule has 0 aliphatic rings. The molecule has 0 bridgehead atoms. The van der Waals surface area contributed by atoms with Crippen LogP contribution in [0.3, 0.4) is 0 Å². The standard InChI is InChI=1S/C20H21N9O3/c1-21-19(30)16-14(10-15(24-25-16)29-9-8-27(2)20(29)31)23-13-7-5-6-12(17(13)32-4)18-22-11-28(3)26-18/h5-11H,1-4H3,(H,21,30)(H,23,24). The molecular formula is C20H21N9O3. The number of para-hydroxylation sites is 1. The van der Waals surface area contributed by atoms with Gasteiger partial charge in [0.05, 0.1) is 24.0 Å². The number of rotatable bonds is 6. The first-order valence-electron chi connectivity index (χ1n) is 9.57. The van der Waals surface area contributed by atoms with Crippen molar-refractivity contribution < 1.29 is 9.53 Å². The maximum Gasteiger partial charge on any atom is 0.333 e. The molecule has 0 radical (unpaired) electrons. The van der Waals surface area contributed by atoms with Crippen LogP contribution in [0, 0.1) is 0 Å². The SMILES string of the molecule is CNC(=O)c1nnc(-n2ccn(C)c2=O)cc1Nc1cccc(-c2ncn(C)n2)c1OC. The van der Waals surface area contributed by atoms with Crippen molar-refractivity contribution in [3.05, 3.63) is 59.2 Å². The molecule has 12 nitrogen and oxygen atoms in total. The summed E-state index contributed by atoms with van der Waals surface area (Å²) < 4.78 is 9.96. The molecular weight excluding hydrogens is 414 g/mol. The fourth-order valence-corrected chi connectivity index (χ4v) is 3.16. The first kappa shape index (κ1) is 20.8. The number of imidazole rings is 1. The number of carbonyl (C=O) groups is 1. The van der Waals surface area contributed by atoms with Crippen LogP contribution in [0.5, 0.6) is 5.75 Å². The summed E-state index contributed by atoms with van der Waals surface area (Å²) in [6, 6.07) is 7.00. The third kappa shape index (κ3) is 3.69. The molecule has 4 rings (SSSR count). The molecule has 1 amide bonds. The highest BCUT2D eigenvalue weighted by atomic mass is 16.5. The number of anilines is 2. The predicted molar refractivity (Wildman–Crippen MR) is 116 cm³/mol. The van der Waals surface area contributed by atoms with E-state index in [4.69, 9.17) is 4.74 Å². The van der Waals surface area contributed by atoms with Crippen molar-refractivity contribution in [2.75, 3.05) is 19.5 Å². The van der Waals surface area contributed by atoms with E-state index in [1.54, 1.807) is 49.6 Å². The van der Waals surface area contributed by atoms with Gasteiger partial charge in [0.2, 0.25) is 0 Å². The van der Waals surface area contributed by atoms with Gasteiger partial charge in [-0.2, -0.15) is 5.10 Å². The molecule has 0 fully saturated rings. The lowest BCUT2D eigenvalue weighted by Crippen LogP contribution is -2.24. The Morgan fingerprint density at radius 2 is 1.94 bits per heavy atom. The van der Waals surface area contributed by atoms with Crippen LogP contribution >= 0.6 is 0 Å². The van der Waals surface area contributed by atoms with Crippen molar-refractivity contribution in [2.24, 2.45) is 14.1 Å². The Morgan fingerprint density at radius 3 is 2.56 bits per heavy atom. The zero-order valence-electron chi connectivity index (χ0n) is 17.9. The van der Waals surface area contributed by atoms with Crippen molar-refractivity contribution in [1.82, 2.24) is 39.4 Å². The Labute approximate surface area is 182 Å². The molecule has 0 saturated carbocycles. The number of aromatic nitrogens is 7. The summed E-state index contributed by atoms with van der Waals surface area (Å²) in [5.74, 6) is 0.793. The summed E-state index contributed by atoms with van der Waals surface area (Å²) in [5.41, 5.74) is 1.33. The summed E-state index contributed by atoms with van der Waals surface area (Å²) in [6.07, 6.45) is 4.77. The smallest absolute Gasteiger partial charge is 0.333 e. The van der Waals surface area contributed by atoms with Crippen LogP contribution in [0.1, 0.15) is 10.5 Å². The molecule has 0 atom stereocenters. The number of ether oxygens (including phenoxy) is 1. The summed E-state index contributed by atoms with van der Waals surface area (Å²) in [4.78, 5) is 29.0. The fourth-order valence-electron chi connectivity index (χ4n) is 3.16. The minimum atomic E-state index is -0.437. The lowest BCUT2D eigenvalue weighted by Gasteiger charge is -2.16. The molecule has 3 aromatic heterocycles. The summed E-state index contributed by atoms with van der Waals surface area (Å²) in [5, 5.41) is 18.2. The third-order valence-electron chi connectivity index (χ3n) is 4.75. The first-order chi connectivity index (χ1) is 15.4. The number of nitrogens with one attached hydrogen (secondary N) is 2. The zero-order chi connectivity index (χ0) is 22.8. The van der Waals surface area contributed by atoms with E-state index in [2.05, 4.69) is 30.9 Å². The summed E-state index contributed by atoms with van der Waals surface area (Å²) >= 11 is 0. The largest absolute Gasteiger partial charge is 0.494 e. The van der Waals surface area contributed by atoms with E-state index in [0.717, 1.165) is 0 Å². The van der Waals surface area contributed by atoms with Gasteiger partial charge in [-0.1, -0.05) is 6.07 Å². The highest BCUT2D eigenvalue weighted by molar-refractivity contribution is 5.98. The van der Waals surface area contributed by atoms with Gasteiger partial charge in [-0.3, -0.25) is 9.48 Å². The minimum absolute atomic E-state index is 0.0589. The number of benzene rings is 1. The van der Waals surface area contributed by atoms with Crippen LogP contribution in [-0.2, 0) is 14.1 Å². The average molecular weight is 435 g/mol. The van der Waals surface area contributed by atoms with Gasteiger partial charge < -0.3 is 19.9 Å². The molecule has 0 spiro atoms. The Morgan fingerprint density at radius 1 is 1.12 bits per heavy atom. The number of methoxy groups -OCH3 is 1. The Bertz CT molecular complexity index is 1350. The van der Waals surface area contributed by atoms with Gasteiger partial charge in [0.1, 0.15) is 6.33 Å². The van der Waals surface area contributed by atoms with E-state index in [0.29, 0.717) is 28.5 Å². The second kappa shape index (κ2) is 8.34. The third-order valence-corrected chi connectivity index (χ3v) is 4.75. The molecule has 164 valence electrons. The van der Waals surface area contributed by atoms with Gasteiger partial charge in [-0.15, -0.1) is 10.2 Å². The number of aryl methyl sites for hydroxylation is 2. The highest BCUT2D eigenvalue weighted by Gasteiger charge is 2.19. The Balaban J connectivity index is 1.82. The van der Waals surface area contributed by atoms with Crippen molar-refractivity contribution in [3.63, 3.8) is 0 Å². The Kier molecular flexibility index (Phi) is 5.41. The molecule has 0 saturated heterocycles. The van der Waals surface area contributed by atoms with E-state index in [9.17, 15) is 9.59 Å². The lowest BCUT2D eigenvalue weighted by molar-refractivity contribution is 0.0958. The van der Waals surface area contributed by atoms with Gasteiger partial charge in [-0.05, 0) is 12.1 Å². The maximum atomic E-state index is 12.4. The van der Waals surface area contributed by atoms with Gasteiger partial charge in [0.15, 0.2) is 23.1 Å². The minimum Gasteiger partial charge on any atom is -0.494 e. The van der Waals surface area contributed by atoms with E-state index in [1.807, 2.05) is 12.1 Å². The van der Waals surface area contributed by atoms with Crippen molar-refractivity contribution >= 4 is 17.3 Å². The molecule has 4 aromatic rings. The molecule has 12 heteroatoms. The van der Waals surface area contributed by atoms with E-state index >= 15 is 0 Å². The van der Waals surface area contributed by atoms with E-state index in [1.165, 1.54) is 23.3 Å². The zero-order valence-corrected chi connectivity index (χ0v) is 17.9. The van der Waals surface area contributed by atoms with Gasteiger partial charge in [-0.25, -0.2) is 14.3 Å². The van der Waals surface area contributed by atoms with Crippen LogP contribution in [0.25, 0.3) is 17.2 Å². The van der Waals surface area contributed by atoms with E-state index in [-0.39, 0.29) is 17.2 Å². The van der Waals surface area contributed by atoms with E-state index < -0.39 is 5.91 Å². The second-order valence-corrected chi connectivity index (χ2v) is 6.86. The molecule has 0 aliphatic heterocycles. The van der Waals surface area contributed by atoms with Crippen molar-refractivity contribution in [1.29, 1.82) is 0 Å². The molecule has 1 aromatic carbocycles. The second-order valence-electron chi connectivity index (χ2n) is 6.86. The number of nitrogens with zero attached hydrogens (tertiary/aromatic N) is 7. The van der Waals surface area contributed by atoms with Crippen LogP contribution < -0.4 is 21.1 Å². The molecule has 0 aliphatic carbocycles. The van der Waals surface area contributed by atoms with Crippen LogP contribution in [0.2, 0.25) is 0 Å². The number of hydrogen-bond donors (Lipinski definition) is 2. The van der Waals surface area contributed by atoms with Gasteiger partial charge in [0.25, 0.3) is 5.91 Å². The van der Waals surface area contributed by atoms with Crippen LogP contribution in [-0.4, -0.2) is 54.2 Å². The topological polar surface area (TPSA) is 134 Å². The fraction of sp³-hybridized carbons (Fsp3) is 0.200. The van der Waals surface area contributed by atoms with Gasteiger partial charge in [0, 0.05) is 39.6 Å². The average Bonchev–Trinajstić information content (AvgIpc) is 3.38. The van der Waals surface area contributed by atoms with Crippen molar-refractivity contribution in [3.8, 4) is 23.0 Å². The van der Waals surface area contributed by atoms with Crippen molar-refractivity contribution in [2.45, 2.75) is 0 Å². The quantitative estimate of drug-likeness (QED) is 0.456. The highest BCUT2D eigenvalue weighted by Crippen LogP contribution is 2.36. The number of hydrogen-bond acceptors (Lipinski definition) is 8. The number of amides is 1. The van der Waals surface area contributed by atoms with Crippen LogP contribution in [0.15, 0.2) is 47.8 Å². The molecule has 0 unspecified atom stereocenters. The maximum absolute atomic E-state index is 12.4. The normalized spacial score (nSPS) is 10.8. The molecule has 2 N–H and O–H groups in total. The van der Waals surface area contributed by atoms with Gasteiger partial charge >= 0.3 is 5.69 Å². The summed E-state index contributed by atoms with van der Waals surface area (Å²) in [7, 11) is 6.44. The summed E-state index contributed by atoms with van der Waals surface area (Å²) in [6.45, 7) is 0.